The van der Waals surface area contributed by atoms with E-state index in [0.29, 0.717) is 36.5 Å². The number of hydrogen-bond acceptors (Lipinski definition) is 5. The molecular formula is C27H30FN5O3. The summed E-state index contributed by atoms with van der Waals surface area (Å²) in [6.45, 7) is 6.37. The summed E-state index contributed by atoms with van der Waals surface area (Å²) in [7, 11) is 0. The quantitative estimate of drug-likeness (QED) is 0.400. The smallest absolute Gasteiger partial charge is 0.332 e. The lowest BCUT2D eigenvalue weighted by Gasteiger charge is -2.19. The van der Waals surface area contributed by atoms with Gasteiger partial charge in [0.1, 0.15) is 29.0 Å². The zero-order valence-corrected chi connectivity index (χ0v) is 20.5. The summed E-state index contributed by atoms with van der Waals surface area (Å²) in [5.74, 6) is 1.04. The number of aryl methyl sites for hydroxylation is 1. The summed E-state index contributed by atoms with van der Waals surface area (Å²) in [4.78, 5) is 35.8. The van der Waals surface area contributed by atoms with Crippen LogP contribution in [-0.2, 0) is 13.1 Å². The standard InChI is InChI=1S/C27H30FN5O3/c1-3-14-32-25-23(26(34)33(15-4-2)27(32)35)29-24(30-25)18-5-11-21(12-6-18)36-22-13-16-31(17-22)20-9-7-19(28)8-10-20/h5-12,22H,3-4,13-17H2,1-2H3,(H,29,30). The number of aromatic amines is 1. The lowest BCUT2D eigenvalue weighted by Crippen LogP contribution is -2.40. The molecule has 3 heterocycles. The predicted molar refractivity (Wildman–Crippen MR) is 138 cm³/mol. The van der Waals surface area contributed by atoms with E-state index in [1.165, 1.54) is 16.7 Å². The van der Waals surface area contributed by atoms with E-state index in [1.807, 2.05) is 38.1 Å². The monoisotopic (exact) mass is 491 g/mol. The number of halogens is 1. The van der Waals surface area contributed by atoms with Crippen molar-refractivity contribution in [1.82, 2.24) is 19.1 Å². The molecule has 5 rings (SSSR count). The summed E-state index contributed by atoms with van der Waals surface area (Å²) in [5, 5.41) is 0. The Balaban J connectivity index is 1.35. The normalized spacial score (nSPS) is 15.6. The molecule has 2 aromatic heterocycles. The molecule has 1 N–H and O–H groups in total. The Morgan fingerprint density at radius 2 is 1.69 bits per heavy atom. The highest BCUT2D eigenvalue weighted by atomic mass is 19.1. The molecule has 2 aromatic carbocycles. The van der Waals surface area contributed by atoms with Gasteiger partial charge in [-0.25, -0.2) is 14.2 Å². The van der Waals surface area contributed by atoms with Gasteiger partial charge >= 0.3 is 5.69 Å². The van der Waals surface area contributed by atoms with Crippen LogP contribution in [0.2, 0.25) is 0 Å². The fourth-order valence-electron chi connectivity index (χ4n) is 4.74. The van der Waals surface area contributed by atoms with Gasteiger partial charge in [0.25, 0.3) is 5.56 Å². The molecule has 1 aliphatic rings. The second-order valence-electron chi connectivity index (χ2n) is 9.15. The molecular weight excluding hydrogens is 461 g/mol. The lowest BCUT2D eigenvalue weighted by molar-refractivity contribution is 0.225. The van der Waals surface area contributed by atoms with Gasteiger partial charge in [0.05, 0.1) is 6.54 Å². The molecule has 188 valence electrons. The molecule has 0 spiro atoms. The van der Waals surface area contributed by atoms with Gasteiger partial charge in [-0.05, 0) is 61.4 Å². The second-order valence-corrected chi connectivity index (χ2v) is 9.15. The molecule has 0 saturated carbocycles. The van der Waals surface area contributed by atoms with Crippen molar-refractivity contribution in [3.05, 3.63) is 75.2 Å². The van der Waals surface area contributed by atoms with Crippen molar-refractivity contribution < 1.29 is 9.13 Å². The third-order valence-electron chi connectivity index (χ3n) is 6.52. The van der Waals surface area contributed by atoms with Gasteiger partial charge in [-0.2, -0.15) is 0 Å². The van der Waals surface area contributed by atoms with Gasteiger partial charge in [-0.15, -0.1) is 0 Å². The Morgan fingerprint density at radius 3 is 2.39 bits per heavy atom. The minimum atomic E-state index is -0.338. The Bertz CT molecular complexity index is 1470. The van der Waals surface area contributed by atoms with Crippen LogP contribution in [0.25, 0.3) is 22.6 Å². The lowest BCUT2D eigenvalue weighted by atomic mass is 10.2. The van der Waals surface area contributed by atoms with Crippen LogP contribution in [0, 0.1) is 5.82 Å². The first-order chi connectivity index (χ1) is 17.5. The Morgan fingerprint density at radius 1 is 1.00 bits per heavy atom. The van der Waals surface area contributed by atoms with E-state index < -0.39 is 0 Å². The number of imidazole rings is 1. The van der Waals surface area contributed by atoms with Gasteiger partial charge in [-0.3, -0.25) is 13.9 Å². The predicted octanol–water partition coefficient (Wildman–Crippen LogP) is 4.17. The highest BCUT2D eigenvalue weighted by Crippen LogP contribution is 2.26. The zero-order valence-electron chi connectivity index (χ0n) is 20.5. The SMILES string of the molecule is CCCn1c(=O)c2[nH]c(-c3ccc(OC4CCN(c5ccc(F)cc5)C4)cc3)nc2n(CCC)c1=O. The van der Waals surface area contributed by atoms with Crippen LogP contribution in [-0.4, -0.2) is 38.3 Å². The number of rotatable bonds is 8. The molecule has 0 amide bonds. The molecule has 8 nitrogen and oxygen atoms in total. The highest BCUT2D eigenvalue weighted by molar-refractivity contribution is 5.75. The number of nitrogens with one attached hydrogen (secondary N) is 1. The molecule has 1 atom stereocenters. The third-order valence-corrected chi connectivity index (χ3v) is 6.52. The van der Waals surface area contributed by atoms with Crippen LogP contribution in [0.4, 0.5) is 10.1 Å². The van der Waals surface area contributed by atoms with E-state index in [-0.39, 0.29) is 23.2 Å². The third kappa shape index (κ3) is 4.53. The highest BCUT2D eigenvalue weighted by Gasteiger charge is 2.24. The van der Waals surface area contributed by atoms with Gasteiger partial charge in [0, 0.05) is 37.3 Å². The van der Waals surface area contributed by atoms with Crippen molar-refractivity contribution in [2.45, 2.75) is 52.3 Å². The second kappa shape index (κ2) is 10.0. The van der Waals surface area contributed by atoms with Crippen LogP contribution in [0.15, 0.2) is 58.1 Å². The maximum absolute atomic E-state index is 13.2. The zero-order chi connectivity index (χ0) is 25.2. The number of aromatic nitrogens is 4. The average molecular weight is 492 g/mol. The van der Waals surface area contributed by atoms with Crippen molar-refractivity contribution in [2.75, 3.05) is 18.0 Å². The molecule has 36 heavy (non-hydrogen) atoms. The minimum Gasteiger partial charge on any atom is -0.489 e. The van der Waals surface area contributed by atoms with E-state index in [9.17, 15) is 14.0 Å². The van der Waals surface area contributed by atoms with Gasteiger partial charge in [0.2, 0.25) is 0 Å². The van der Waals surface area contributed by atoms with Gasteiger partial charge < -0.3 is 14.6 Å². The summed E-state index contributed by atoms with van der Waals surface area (Å²) < 4.78 is 22.3. The van der Waals surface area contributed by atoms with Crippen LogP contribution in [0.3, 0.4) is 0 Å². The first kappa shape index (κ1) is 23.8. The summed E-state index contributed by atoms with van der Waals surface area (Å²) in [6, 6.07) is 14.1. The van der Waals surface area contributed by atoms with E-state index in [1.54, 1.807) is 16.7 Å². The Hall–Kier alpha value is -3.88. The molecule has 9 heteroatoms. The number of benzene rings is 2. The molecule has 0 aliphatic carbocycles. The fourth-order valence-corrected chi connectivity index (χ4v) is 4.74. The van der Waals surface area contributed by atoms with Crippen LogP contribution >= 0.6 is 0 Å². The van der Waals surface area contributed by atoms with Gasteiger partial charge in [-0.1, -0.05) is 13.8 Å². The average Bonchev–Trinajstić information content (AvgIpc) is 3.53. The number of nitrogens with zero attached hydrogens (tertiary/aromatic N) is 4. The maximum atomic E-state index is 13.2. The first-order valence-electron chi connectivity index (χ1n) is 12.5. The molecule has 4 aromatic rings. The van der Waals surface area contributed by atoms with Crippen LogP contribution < -0.4 is 20.9 Å². The van der Waals surface area contributed by atoms with Crippen molar-refractivity contribution in [1.29, 1.82) is 0 Å². The van der Waals surface area contributed by atoms with E-state index in [0.717, 1.165) is 42.9 Å². The Labute approximate surface area is 208 Å². The minimum absolute atomic E-state index is 0.0348. The summed E-state index contributed by atoms with van der Waals surface area (Å²) in [5.41, 5.74) is 1.87. The van der Waals surface area contributed by atoms with Gasteiger partial charge in [0.15, 0.2) is 5.65 Å². The van der Waals surface area contributed by atoms with Crippen molar-refractivity contribution >= 4 is 16.9 Å². The molecule has 0 bridgehead atoms. The molecule has 1 saturated heterocycles. The van der Waals surface area contributed by atoms with Crippen LogP contribution in [0.5, 0.6) is 5.75 Å². The first-order valence-corrected chi connectivity index (χ1v) is 12.5. The van der Waals surface area contributed by atoms with Crippen molar-refractivity contribution in [3.63, 3.8) is 0 Å². The molecule has 1 aliphatic heterocycles. The molecule has 1 unspecified atom stereocenters. The summed E-state index contributed by atoms with van der Waals surface area (Å²) in [6.07, 6.45) is 2.36. The number of H-pyrrole nitrogens is 1. The van der Waals surface area contributed by atoms with Crippen LogP contribution in [0.1, 0.15) is 33.1 Å². The number of fused-ring (bicyclic) bond motifs is 1. The van der Waals surface area contributed by atoms with Crippen molar-refractivity contribution in [2.24, 2.45) is 0 Å². The Kier molecular flexibility index (Phi) is 6.63. The molecule has 0 radical (unpaired) electrons. The number of ether oxygens (including phenoxy) is 1. The number of hydrogen-bond donors (Lipinski definition) is 1. The van der Waals surface area contributed by atoms with E-state index in [2.05, 4.69) is 14.9 Å². The van der Waals surface area contributed by atoms with E-state index in [4.69, 9.17) is 4.74 Å². The summed E-state index contributed by atoms with van der Waals surface area (Å²) >= 11 is 0. The molecule has 1 fully saturated rings. The fraction of sp³-hybridized carbons (Fsp3) is 0.370. The maximum Gasteiger partial charge on any atom is 0.332 e. The number of anilines is 1. The van der Waals surface area contributed by atoms with Crippen molar-refractivity contribution in [3.8, 4) is 17.1 Å². The van der Waals surface area contributed by atoms with E-state index >= 15 is 0 Å². The topological polar surface area (TPSA) is 85.2 Å². The largest absolute Gasteiger partial charge is 0.489 e.